The van der Waals surface area contributed by atoms with E-state index in [2.05, 4.69) is 46.8 Å². The van der Waals surface area contributed by atoms with Gasteiger partial charge in [0.1, 0.15) is 0 Å². The van der Waals surface area contributed by atoms with Crippen LogP contribution in [0.1, 0.15) is 54.4 Å². The zero-order chi connectivity index (χ0) is 13.9. The van der Waals surface area contributed by atoms with Crippen LogP contribution in [0.2, 0.25) is 0 Å². The van der Waals surface area contributed by atoms with E-state index >= 15 is 0 Å². The summed E-state index contributed by atoms with van der Waals surface area (Å²) >= 11 is 0. The summed E-state index contributed by atoms with van der Waals surface area (Å²) < 4.78 is 0. The van der Waals surface area contributed by atoms with Crippen molar-refractivity contribution in [1.29, 1.82) is 0 Å². The number of rotatable bonds is 4. The summed E-state index contributed by atoms with van der Waals surface area (Å²) in [6, 6.07) is 0. The molecule has 18 heavy (non-hydrogen) atoms. The van der Waals surface area contributed by atoms with Crippen molar-refractivity contribution < 1.29 is 5.11 Å². The number of hydrogen-bond donors (Lipinski definition) is 1. The van der Waals surface area contributed by atoms with Crippen molar-refractivity contribution in [2.24, 2.45) is 23.7 Å². The third-order valence-electron chi connectivity index (χ3n) is 4.21. The van der Waals surface area contributed by atoms with E-state index in [4.69, 9.17) is 0 Å². The summed E-state index contributed by atoms with van der Waals surface area (Å²) in [4.78, 5) is 0. The Hall–Kier alpha value is -0.560. The molecule has 1 fully saturated rings. The monoisotopic (exact) mass is 250 g/mol. The van der Waals surface area contributed by atoms with Gasteiger partial charge in [0, 0.05) is 0 Å². The molecule has 0 radical (unpaired) electrons. The van der Waals surface area contributed by atoms with Crippen LogP contribution in [-0.2, 0) is 0 Å². The molecule has 0 bridgehead atoms. The average Bonchev–Trinajstić information content (AvgIpc) is 2.53. The Balaban J connectivity index is 3.01. The minimum Gasteiger partial charge on any atom is -0.393 e. The molecule has 1 N–H and O–H groups in total. The van der Waals surface area contributed by atoms with Gasteiger partial charge in [-0.2, -0.15) is 0 Å². The van der Waals surface area contributed by atoms with Crippen molar-refractivity contribution in [2.45, 2.75) is 60.5 Å². The number of aliphatic hydroxyl groups excluding tert-OH is 1. The summed E-state index contributed by atoms with van der Waals surface area (Å²) in [6.45, 7) is 12.9. The van der Waals surface area contributed by atoms with E-state index in [1.165, 1.54) is 17.6 Å². The topological polar surface area (TPSA) is 20.2 Å². The molecule has 5 atom stereocenters. The summed E-state index contributed by atoms with van der Waals surface area (Å²) in [5.74, 6) is 2.23. The zero-order valence-electron chi connectivity index (χ0n) is 12.9. The second-order valence-corrected chi connectivity index (χ2v) is 6.44. The molecule has 5 unspecified atom stereocenters. The van der Waals surface area contributed by atoms with E-state index in [-0.39, 0.29) is 6.10 Å². The predicted octanol–water partition coefficient (Wildman–Crippen LogP) is 4.58. The Morgan fingerprint density at radius 3 is 2.00 bits per heavy atom. The molecule has 0 aromatic carbocycles. The van der Waals surface area contributed by atoms with Crippen LogP contribution in [0, 0.1) is 23.7 Å². The highest BCUT2D eigenvalue weighted by Gasteiger charge is 2.42. The van der Waals surface area contributed by atoms with Gasteiger partial charge in [-0.25, -0.2) is 0 Å². The minimum absolute atomic E-state index is 0.203. The van der Waals surface area contributed by atoms with Crippen molar-refractivity contribution in [3.8, 4) is 0 Å². The first-order valence-electron chi connectivity index (χ1n) is 7.34. The van der Waals surface area contributed by atoms with Gasteiger partial charge in [0.15, 0.2) is 0 Å². The third kappa shape index (κ3) is 3.71. The van der Waals surface area contributed by atoms with Crippen LogP contribution in [0.4, 0.5) is 0 Å². The standard InChI is InChI=1S/C17H30O/c1-7-16-14(8-11(2)3)10-15(9-12(4)5)17(16)13(6)18/h8-9,13-18H,7,10H2,1-6H3. The van der Waals surface area contributed by atoms with Crippen LogP contribution in [-0.4, -0.2) is 11.2 Å². The lowest BCUT2D eigenvalue weighted by molar-refractivity contribution is 0.0810. The van der Waals surface area contributed by atoms with E-state index in [9.17, 15) is 5.11 Å². The maximum Gasteiger partial charge on any atom is 0.0548 e. The Morgan fingerprint density at radius 2 is 1.61 bits per heavy atom. The van der Waals surface area contributed by atoms with Crippen molar-refractivity contribution >= 4 is 0 Å². The van der Waals surface area contributed by atoms with E-state index in [0.29, 0.717) is 23.7 Å². The van der Waals surface area contributed by atoms with Crippen molar-refractivity contribution in [3.05, 3.63) is 23.3 Å². The van der Waals surface area contributed by atoms with Crippen LogP contribution >= 0.6 is 0 Å². The average molecular weight is 250 g/mol. The van der Waals surface area contributed by atoms with Gasteiger partial charge < -0.3 is 5.11 Å². The van der Waals surface area contributed by atoms with E-state index in [1.807, 2.05) is 6.92 Å². The van der Waals surface area contributed by atoms with Crippen LogP contribution in [0.15, 0.2) is 23.3 Å². The normalized spacial score (nSPS) is 33.1. The molecule has 0 aliphatic heterocycles. The summed E-state index contributed by atoms with van der Waals surface area (Å²) in [5, 5.41) is 10.1. The van der Waals surface area contributed by atoms with Crippen LogP contribution in [0.3, 0.4) is 0 Å². The molecule has 1 aliphatic rings. The lowest BCUT2D eigenvalue weighted by atomic mass is 9.81. The summed E-state index contributed by atoms with van der Waals surface area (Å²) in [5.41, 5.74) is 2.78. The van der Waals surface area contributed by atoms with Crippen molar-refractivity contribution in [1.82, 2.24) is 0 Å². The maximum absolute atomic E-state index is 10.1. The van der Waals surface area contributed by atoms with Gasteiger partial charge in [-0.1, -0.05) is 36.6 Å². The number of allylic oxidation sites excluding steroid dienone is 4. The molecule has 104 valence electrons. The minimum atomic E-state index is -0.203. The van der Waals surface area contributed by atoms with E-state index in [1.54, 1.807) is 0 Å². The van der Waals surface area contributed by atoms with Crippen molar-refractivity contribution in [3.63, 3.8) is 0 Å². The Morgan fingerprint density at radius 1 is 1.11 bits per heavy atom. The van der Waals surface area contributed by atoms with Gasteiger partial charge in [0.05, 0.1) is 6.10 Å². The quantitative estimate of drug-likeness (QED) is 0.724. The van der Waals surface area contributed by atoms with Gasteiger partial charge in [-0.05, 0) is 64.7 Å². The first-order valence-corrected chi connectivity index (χ1v) is 7.34. The molecule has 1 rings (SSSR count). The lowest BCUT2D eigenvalue weighted by Gasteiger charge is -2.27. The second kappa shape index (κ2) is 6.56. The fourth-order valence-electron chi connectivity index (χ4n) is 3.77. The van der Waals surface area contributed by atoms with Gasteiger partial charge >= 0.3 is 0 Å². The Kier molecular flexibility index (Phi) is 5.65. The SMILES string of the molecule is CCC1C(C=C(C)C)CC(C=C(C)C)C1C(C)O. The molecule has 1 aliphatic carbocycles. The summed E-state index contributed by atoms with van der Waals surface area (Å²) in [6.07, 6.45) is 6.95. The molecule has 0 spiro atoms. The molecular weight excluding hydrogens is 220 g/mol. The van der Waals surface area contributed by atoms with Gasteiger partial charge in [0.2, 0.25) is 0 Å². The highest BCUT2D eigenvalue weighted by atomic mass is 16.3. The molecule has 0 aromatic rings. The van der Waals surface area contributed by atoms with Gasteiger partial charge in [-0.15, -0.1) is 0 Å². The smallest absolute Gasteiger partial charge is 0.0548 e. The Labute approximate surface area is 113 Å². The molecule has 0 amide bonds. The molecular formula is C17H30O. The molecule has 1 saturated carbocycles. The molecule has 0 aromatic heterocycles. The van der Waals surface area contributed by atoms with Crippen LogP contribution in [0.25, 0.3) is 0 Å². The van der Waals surface area contributed by atoms with Gasteiger partial charge in [-0.3, -0.25) is 0 Å². The third-order valence-corrected chi connectivity index (χ3v) is 4.21. The second-order valence-electron chi connectivity index (χ2n) is 6.44. The first-order chi connectivity index (χ1) is 8.36. The lowest BCUT2D eigenvalue weighted by Crippen LogP contribution is -2.27. The molecule has 1 nitrogen and oxygen atoms in total. The number of hydrogen-bond acceptors (Lipinski definition) is 1. The summed E-state index contributed by atoms with van der Waals surface area (Å²) in [7, 11) is 0. The van der Waals surface area contributed by atoms with Gasteiger partial charge in [0.25, 0.3) is 0 Å². The van der Waals surface area contributed by atoms with E-state index in [0.717, 1.165) is 6.42 Å². The molecule has 0 saturated heterocycles. The van der Waals surface area contributed by atoms with E-state index < -0.39 is 0 Å². The zero-order valence-corrected chi connectivity index (χ0v) is 12.9. The fraction of sp³-hybridized carbons (Fsp3) is 0.765. The molecule has 0 heterocycles. The highest BCUT2D eigenvalue weighted by Crippen LogP contribution is 2.47. The maximum atomic E-state index is 10.1. The Bertz CT molecular complexity index is 317. The fourth-order valence-corrected chi connectivity index (χ4v) is 3.77. The predicted molar refractivity (Wildman–Crippen MR) is 79.4 cm³/mol. The first kappa shape index (κ1) is 15.5. The number of aliphatic hydroxyl groups is 1. The molecule has 1 heteroatoms. The largest absolute Gasteiger partial charge is 0.393 e. The van der Waals surface area contributed by atoms with Crippen LogP contribution in [0.5, 0.6) is 0 Å². The van der Waals surface area contributed by atoms with Crippen LogP contribution < -0.4 is 0 Å². The van der Waals surface area contributed by atoms with Crippen molar-refractivity contribution in [2.75, 3.05) is 0 Å². The highest BCUT2D eigenvalue weighted by molar-refractivity contribution is 5.11.